The zero-order valence-corrected chi connectivity index (χ0v) is 8.30. The Balaban J connectivity index is 1.96. The average Bonchev–Trinajstić information content (AvgIpc) is 2.44. The maximum Gasteiger partial charge on any atom is 0.106 e. The number of nitrogens with one attached hydrogen (secondary N) is 2. The molecule has 0 aliphatic carbocycles. The number of aromatic amines is 1. The molecular formula is C10H17N3. The molecule has 0 amide bonds. The Hall–Kier alpha value is -0.830. The molecule has 13 heavy (non-hydrogen) atoms. The third-order valence-electron chi connectivity index (χ3n) is 2.62. The summed E-state index contributed by atoms with van der Waals surface area (Å²) in [6.45, 7) is 6.67. The maximum absolute atomic E-state index is 4.38. The van der Waals surface area contributed by atoms with Crippen LogP contribution in [0, 0.1) is 5.92 Å². The van der Waals surface area contributed by atoms with Crippen molar-refractivity contribution in [2.24, 2.45) is 5.92 Å². The van der Waals surface area contributed by atoms with Crippen LogP contribution in [-0.2, 0) is 6.42 Å². The van der Waals surface area contributed by atoms with Crippen LogP contribution < -0.4 is 5.32 Å². The number of aromatic nitrogens is 2. The predicted molar refractivity (Wildman–Crippen MR) is 52.7 cm³/mol. The summed E-state index contributed by atoms with van der Waals surface area (Å²) in [7, 11) is 0. The molecule has 0 atom stereocenters. The number of hydrogen-bond donors (Lipinski definition) is 2. The van der Waals surface area contributed by atoms with E-state index in [0.29, 0.717) is 5.92 Å². The van der Waals surface area contributed by atoms with E-state index < -0.39 is 0 Å². The molecule has 2 N–H and O–H groups in total. The van der Waals surface area contributed by atoms with Gasteiger partial charge in [-0.05, 0) is 24.9 Å². The molecule has 1 aliphatic heterocycles. The molecule has 72 valence electrons. The SMILES string of the molecule is CC(C)c1cnc(CC2CNC2)[nH]1. The first-order valence-corrected chi connectivity index (χ1v) is 5.00. The predicted octanol–water partition coefficient (Wildman–Crippen LogP) is 1.29. The smallest absolute Gasteiger partial charge is 0.106 e. The first-order chi connectivity index (χ1) is 6.25. The molecule has 1 aromatic heterocycles. The lowest BCUT2D eigenvalue weighted by Crippen LogP contribution is -2.43. The Morgan fingerprint density at radius 3 is 2.77 bits per heavy atom. The van der Waals surface area contributed by atoms with Crippen molar-refractivity contribution in [1.82, 2.24) is 15.3 Å². The number of hydrogen-bond acceptors (Lipinski definition) is 2. The molecule has 0 unspecified atom stereocenters. The monoisotopic (exact) mass is 179 g/mol. The molecule has 0 aromatic carbocycles. The van der Waals surface area contributed by atoms with Crippen LogP contribution in [0.4, 0.5) is 0 Å². The van der Waals surface area contributed by atoms with E-state index in [-0.39, 0.29) is 0 Å². The Morgan fingerprint density at radius 1 is 1.54 bits per heavy atom. The molecule has 1 aromatic rings. The van der Waals surface area contributed by atoms with Crippen LogP contribution in [0.5, 0.6) is 0 Å². The Bertz CT molecular complexity index is 273. The fourth-order valence-corrected chi connectivity index (χ4v) is 1.54. The van der Waals surface area contributed by atoms with Crippen molar-refractivity contribution < 1.29 is 0 Å². The van der Waals surface area contributed by atoms with Gasteiger partial charge in [-0.1, -0.05) is 13.8 Å². The summed E-state index contributed by atoms with van der Waals surface area (Å²) in [6, 6.07) is 0. The highest BCUT2D eigenvalue weighted by molar-refractivity contribution is 5.06. The largest absolute Gasteiger partial charge is 0.346 e. The van der Waals surface area contributed by atoms with Crippen LogP contribution in [0.25, 0.3) is 0 Å². The van der Waals surface area contributed by atoms with E-state index in [9.17, 15) is 0 Å². The quantitative estimate of drug-likeness (QED) is 0.734. The molecule has 3 nitrogen and oxygen atoms in total. The Kier molecular flexibility index (Phi) is 2.36. The van der Waals surface area contributed by atoms with Crippen molar-refractivity contribution in [3.63, 3.8) is 0 Å². The van der Waals surface area contributed by atoms with E-state index >= 15 is 0 Å². The topological polar surface area (TPSA) is 40.7 Å². The van der Waals surface area contributed by atoms with Crippen LogP contribution >= 0.6 is 0 Å². The summed E-state index contributed by atoms with van der Waals surface area (Å²) < 4.78 is 0. The molecule has 0 spiro atoms. The minimum absolute atomic E-state index is 0.556. The Morgan fingerprint density at radius 2 is 2.31 bits per heavy atom. The number of rotatable bonds is 3. The van der Waals surface area contributed by atoms with Gasteiger partial charge in [-0.2, -0.15) is 0 Å². The van der Waals surface area contributed by atoms with Crippen LogP contribution in [-0.4, -0.2) is 23.1 Å². The first-order valence-electron chi connectivity index (χ1n) is 5.00. The highest BCUT2D eigenvalue weighted by atomic mass is 15.0. The van der Waals surface area contributed by atoms with Crippen molar-refractivity contribution >= 4 is 0 Å². The summed E-state index contributed by atoms with van der Waals surface area (Å²) in [5, 5.41) is 3.27. The van der Waals surface area contributed by atoms with E-state index in [2.05, 4.69) is 29.1 Å². The average molecular weight is 179 g/mol. The normalized spacial score (nSPS) is 17.8. The summed E-state index contributed by atoms with van der Waals surface area (Å²) >= 11 is 0. The van der Waals surface area contributed by atoms with Crippen LogP contribution in [0.2, 0.25) is 0 Å². The van der Waals surface area contributed by atoms with Crippen molar-refractivity contribution in [3.8, 4) is 0 Å². The number of nitrogens with zero attached hydrogens (tertiary/aromatic N) is 1. The molecular weight excluding hydrogens is 162 g/mol. The van der Waals surface area contributed by atoms with E-state index in [4.69, 9.17) is 0 Å². The maximum atomic E-state index is 4.38. The summed E-state index contributed by atoms with van der Waals surface area (Å²) in [6.07, 6.45) is 3.06. The third-order valence-corrected chi connectivity index (χ3v) is 2.62. The van der Waals surface area contributed by atoms with Crippen molar-refractivity contribution in [1.29, 1.82) is 0 Å². The second kappa shape index (κ2) is 3.50. The minimum Gasteiger partial charge on any atom is -0.346 e. The van der Waals surface area contributed by atoms with Gasteiger partial charge < -0.3 is 10.3 Å². The zero-order chi connectivity index (χ0) is 9.26. The molecule has 3 heteroatoms. The van der Waals surface area contributed by atoms with Gasteiger partial charge in [0.05, 0.1) is 0 Å². The number of H-pyrrole nitrogens is 1. The van der Waals surface area contributed by atoms with Gasteiger partial charge in [0.2, 0.25) is 0 Å². The fourth-order valence-electron chi connectivity index (χ4n) is 1.54. The van der Waals surface area contributed by atoms with Crippen LogP contribution in [0.1, 0.15) is 31.3 Å². The second-order valence-corrected chi connectivity index (χ2v) is 4.17. The van der Waals surface area contributed by atoms with Gasteiger partial charge >= 0.3 is 0 Å². The van der Waals surface area contributed by atoms with E-state index in [1.54, 1.807) is 0 Å². The van der Waals surface area contributed by atoms with Gasteiger partial charge in [0.15, 0.2) is 0 Å². The van der Waals surface area contributed by atoms with Gasteiger partial charge in [0, 0.05) is 18.3 Å². The van der Waals surface area contributed by atoms with E-state index in [0.717, 1.165) is 31.3 Å². The molecule has 1 saturated heterocycles. The molecule has 1 aliphatic rings. The fraction of sp³-hybridized carbons (Fsp3) is 0.700. The van der Waals surface area contributed by atoms with Gasteiger partial charge in [0.25, 0.3) is 0 Å². The molecule has 0 saturated carbocycles. The highest BCUT2D eigenvalue weighted by Gasteiger charge is 2.18. The van der Waals surface area contributed by atoms with Crippen molar-refractivity contribution in [3.05, 3.63) is 17.7 Å². The van der Waals surface area contributed by atoms with Gasteiger partial charge in [-0.15, -0.1) is 0 Å². The molecule has 0 radical (unpaired) electrons. The standard InChI is InChI=1S/C10H17N3/c1-7(2)9-6-12-10(13-9)3-8-4-11-5-8/h6-8,11H,3-5H2,1-2H3,(H,12,13). The first kappa shape index (κ1) is 8.75. The summed E-state index contributed by atoms with van der Waals surface area (Å²) in [5.41, 5.74) is 1.25. The molecule has 2 heterocycles. The van der Waals surface area contributed by atoms with Gasteiger partial charge in [-0.25, -0.2) is 4.98 Å². The third kappa shape index (κ3) is 1.91. The molecule has 2 rings (SSSR count). The van der Waals surface area contributed by atoms with E-state index in [1.165, 1.54) is 5.69 Å². The van der Waals surface area contributed by atoms with E-state index in [1.807, 2.05) is 6.20 Å². The number of imidazole rings is 1. The lowest BCUT2D eigenvalue weighted by atomic mass is 9.99. The van der Waals surface area contributed by atoms with Crippen LogP contribution in [0.15, 0.2) is 6.20 Å². The van der Waals surface area contributed by atoms with Crippen molar-refractivity contribution in [2.75, 3.05) is 13.1 Å². The summed E-state index contributed by atoms with van der Waals surface area (Å²) in [5.74, 6) is 2.50. The second-order valence-electron chi connectivity index (χ2n) is 4.17. The zero-order valence-electron chi connectivity index (χ0n) is 8.30. The minimum atomic E-state index is 0.556. The van der Waals surface area contributed by atoms with Crippen LogP contribution in [0.3, 0.4) is 0 Å². The molecule has 1 fully saturated rings. The van der Waals surface area contributed by atoms with Gasteiger partial charge in [0.1, 0.15) is 5.82 Å². The highest BCUT2D eigenvalue weighted by Crippen LogP contribution is 2.14. The van der Waals surface area contributed by atoms with Crippen molar-refractivity contribution in [2.45, 2.75) is 26.2 Å². The van der Waals surface area contributed by atoms with Gasteiger partial charge in [-0.3, -0.25) is 0 Å². The molecule has 0 bridgehead atoms. The Labute approximate surface area is 79.0 Å². The summed E-state index contributed by atoms with van der Waals surface area (Å²) in [4.78, 5) is 7.75. The lowest BCUT2D eigenvalue weighted by molar-refractivity contribution is 0.341. The lowest BCUT2D eigenvalue weighted by Gasteiger charge is -2.25.